The van der Waals surface area contributed by atoms with Gasteiger partial charge in [-0.25, -0.2) is 4.98 Å². The van der Waals surface area contributed by atoms with E-state index < -0.39 is 5.97 Å². The summed E-state index contributed by atoms with van der Waals surface area (Å²) in [5.74, 6) is -0.493. The number of aromatic nitrogens is 1. The number of hydrogen-bond acceptors (Lipinski definition) is 5. The van der Waals surface area contributed by atoms with Gasteiger partial charge >= 0.3 is 5.97 Å². The highest BCUT2D eigenvalue weighted by atomic mass is 35.5. The van der Waals surface area contributed by atoms with Crippen LogP contribution in [0.15, 0.2) is 34.9 Å². The number of halogens is 1. The monoisotopic (exact) mass is 391 g/mol. The molecule has 1 aliphatic carbocycles. The third-order valence-corrected chi connectivity index (χ3v) is 4.98. The Hall–Kier alpha value is -2.38. The minimum Gasteiger partial charge on any atom is -0.480 e. The molecule has 0 atom stereocenters. The van der Waals surface area contributed by atoms with Crippen LogP contribution in [0.3, 0.4) is 0 Å². The summed E-state index contributed by atoms with van der Waals surface area (Å²) in [6.07, 6.45) is 3.16. The highest BCUT2D eigenvalue weighted by Crippen LogP contribution is 2.26. The Kier molecular flexibility index (Phi) is 6.13. The third kappa shape index (κ3) is 5.08. The molecule has 0 aliphatic heterocycles. The molecule has 144 valence electrons. The molecule has 0 saturated heterocycles. The number of rotatable bonds is 8. The second kappa shape index (κ2) is 8.54. The Balaban J connectivity index is 1.47. The number of likely N-dealkylation sites (N-methyl/N-ethyl adjacent to an activating group) is 1. The fourth-order valence-corrected chi connectivity index (χ4v) is 3.36. The lowest BCUT2D eigenvalue weighted by molar-refractivity contribution is -0.139. The maximum atomic E-state index is 12.2. The number of carboxylic acid groups (broad SMARTS) is 1. The second-order valence-electron chi connectivity index (χ2n) is 6.67. The molecular weight excluding hydrogens is 370 g/mol. The number of nitrogens with one attached hydrogen (secondary N) is 1. The Bertz CT molecular complexity index is 800. The van der Waals surface area contributed by atoms with Crippen LogP contribution in [0.5, 0.6) is 0 Å². The molecule has 2 N–H and O–H groups in total. The Labute approximate surface area is 162 Å². The van der Waals surface area contributed by atoms with Crippen molar-refractivity contribution < 1.29 is 19.1 Å². The molecule has 8 heteroatoms. The predicted molar refractivity (Wildman–Crippen MR) is 100 cm³/mol. The van der Waals surface area contributed by atoms with E-state index in [1.165, 1.54) is 6.26 Å². The molecule has 1 aromatic carbocycles. The number of nitrogens with zero attached hydrogens (tertiary/aromatic N) is 2. The molecule has 0 bridgehead atoms. The molecule has 0 unspecified atom stereocenters. The molecular formula is C19H22ClN3O4. The van der Waals surface area contributed by atoms with Gasteiger partial charge in [-0.1, -0.05) is 18.5 Å². The highest BCUT2D eigenvalue weighted by Gasteiger charge is 2.34. The number of oxazole rings is 1. The number of carboxylic acids is 1. The van der Waals surface area contributed by atoms with Gasteiger partial charge in [0.15, 0.2) is 0 Å². The fourth-order valence-electron chi connectivity index (χ4n) is 3.23. The van der Waals surface area contributed by atoms with Crippen LogP contribution in [0.1, 0.15) is 25.5 Å². The normalized spacial score (nSPS) is 18.9. The maximum absolute atomic E-state index is 12.2. The van der Waals surface area contributed by atoms with Crippen LogP contribution in [0, 0.1) is 0 Å². The SMILES string of the molecule is CCN(CC(=O)O)C1CC(NC(=O)Cc2coc(-c3ccc(Cl)cc3)n2)C1. The first kappa shape index (κ1) is 19.4. The summed E-state index contributed by atoms with van der Waals surface area (Å²) in [6.45, 7) is 2.66. The zero-order chi connectivity index (χ0) is 19.4. The molecule has 1 amide bonds. The Morgan fingerprint density at radius 1 is 1.33 bits per heavy atom. The first-order chi connectivity index (χ1) is 12.9. The first-order valence-electron chi connectivity index (χ1n) is 8.90. The Morgan fingerprint density at radius 3 is 2.67 bits per heavy atom. The van der Waals surface area contributed by atoms with Crippen molar-refractivity contribution in [2.45, 2.75) is 38.3 Å². The van der Waals surface area contributed by atoms with Crippen LogP contribution in [-0.2, 0) is 16.0 Å². The zero-order valence-corrected chi connectivity index (χ0v) is 15.8. The van der Waals surface area contributed by atoms with Gasteiger partial charge in [-0.15, -0.1) is 0 Å². The number of carbonyl (C=O) groups excluding carboxylic acids is 1. The molecule has 0 radical (unpaired) electrons. The number of amides is 1. The van der Waals surface area contributed by atoms with E-state index >= 15 is 0 Å². The van der Waals surface area contributed by atoms with Crippen molar-refractivity contribution >= 4 is 23.5 Å². The molecule has 2 aromatic rings. The van der Waals surface area contributed by atoms with Crippen molar-refractivity contribution in [3.05, 3.63) is 41.2 Å². The second-order valence-corrected chi connectivity index (χ2v) is 7.11. The highest BCUT2D eigenvalue weighted by molar-refractivity contribution is 6.30. The van der Waals surface area contributed by atoms with E-state index in [0.717, 1.165) is 18.4 Å². The summed E-state index contributed by atoms with van der Waals surface area (Å²) in [6, 6.07) is 7.41. The van der Waals surface area contributed by atoms with Crippen LogP contribution in [0.2, 0.25) is 5.02 Å². The van der Waals surface area contributed by atoms with Gasteiger partial charge in [0.05, 0.1) is 18.7 Å². The van der Waals surface area contributed by atoms with Crippen LogP contribution >= 0.6 is 11.6 Å². The largest absolute Gasteiger partial charge is 0.480 e. The van der Waals surface area contributed by atoms with E-state index in [1.807, 2.05) is 24.0 Å². The minimum atomic E-state index is -0.827. The van der Waals surface area contributed by atoms with Gasteiger partial charge in [0, 0.05) is 22.7 Å². The zero-order valence-electron chi connectivity index (χ0n) is 15.0. The summed E-state index contributed by atoms with van der Waals surface area (Å²) in [4.78, 5) is 29.3. The first-order valence-corrected chi connectivity index (χ1v) is 9.28. The van der Waals surface area contributed by atoms with E-state index in [2.05, 4.69) is 10.3 Å². The molecule has 1 saturated carbocycles. The van der Waals surface area contributed by atoms with E-state index in [-0.39, 0.29) is 31.0 Å². The standard InChI is InChI=1S/C19H22ClN3O4/c1-2-23(10-18(25)26)16-7-14(8-16)21-17(24)9-15-11-27-19(22-15)12-3-5-13(20)6-4-12/h3-6,11,14,16H,2,7-10H2,1H3,(H,21,24)(H,25,26). The van der Waals surface area contributed by atoms with Crippen molar-refractivity contribution in [3.8, 4) is 11.5 Å². The third-order valence-electron chi connectivity index (χ3n) is 4.72. The van der Waals surface area contributed by atoms with Crippen LogP contribution < -0.4 is 5.32 Å². The molecule has 1 fully saturated rings. The molecule has 0 spiro atoms. The number of benzene rings is 1. The van der Waals surface area contributed by atoms with Crippen molar-refractivity contribution in [1.29, 1.82) is 0 Å². The fraction of sp³-hybridized carbons (Fsp3) is 0.421. The predicted octanol–water partition coefficient (Wildman–Crippen LogP) is 2.59. The maximum Gasteiger partial charge on any atom is 0.317 e. The number of hydrogen-bond donors (Lipinski definition) is 2. The topological polar surface area (TPSA) is 95.7 Å². The van der Waals surface area contributed by atoms with Crippen LogP contribution in [0.4, 0.5) is 0 Å². The summed E-state index contributed by atoms with van der Waals surface area (Å²) >= 11 is 5.87. The van der Waals surface area contributed by atoms with E-state index in [0.29, 0.717) is 23.2 Å². The summed E-state index contributed by atoms with van der Waals surface area (Å²) in [5, 5.41) is 12.5. The molecule has 1 heterocycles. The summed E-state index contributed by atoms with van der Waals surface area (Å²) in [5.41, 5.74) is 1.36. The van der Waals surface area contributed by atoms with Gasteiger partial charge < -0.3 is 14.8 Å². The quantitative estimate of drug-likeness (QED) is 0.718. The van der Waals surface area contributed by atoms with E-state index in [9.17, 15) is 9.59 Å². The van der Waals surface area contributed by atoms with Gasteiger partial charge in [0.25, 0.3) is 0 Å². The molecule has 7 nitrogen and oxygen atoms in total. The molecule has 27 heavy (non-hydrogen) atoms. The summed E-state index contributed by atoms with van der Waals surface area (Å²) in [7, 11) is 0. The molecule has 3 rings (SSSR count). The lowest BCUT2D eigenvalue weighted by Gasteiger charge is -2.42. The van der Waals surface area contributed by atoms with Crippen LogP contribution in [0.25, 0.3) is 11.5 Å². The average Bonchev–Trinajstić information content (AvgIpc) is 3.04. The van der Waals surface area contributed by atoms with Gasteiger partial charge in [-0.05, 0) is 43.7 Å². The number of aliphatic carboxylic acids is 1. The molecule has 1 aromatic heterocycles. The van der Waals surface area contributed by atoms with Crippen molar-refractivity contribution in [2.24, 2.45) is 0 Å². The average molecular weight is 392 g/mol. The van der Waals surface area contributed by atoms with Crippen molar-refractivity contribution in [2.75, 3.05) is 13.1 Å². The lowest BCUT2D eigenvalue weighted by Crippen LogP contribution is -2.55. The van der Waals surface area contributed by atoms with Gasteiger partial charge in [-0.2, -0.15) is 0 Å². The number of carbonyl (C=O) groups is 2. The van der Waals surface area contributed by atoms with Gasteiger partial charge in [0.2, 0.25) is 11.8 Å². The van der Waals surface area contributed by atoms with Gasteiger partial charge in [-0.3, -0.25) is 14.5 Å². The van der Waals surface area contributed by atoms with E-state index in [1.54, 1.807) is 12.1 Å². The van der Waals surface area contributed by atoms with Crippen molar-refractivity contribution in [1.82, 2.24) is 15.2 Å². The smallest absolute Gasteiger partial charge is 0.317 e. The van der Waals surface area contributed by atoms with E-state index in [4.69, 9.17) is 21.1 Å². The molecule has 1 aliphatic rings. The minimum absolute atomic E-state index is 0.0360. The summed E-state index contributed by atoms with van der Waals surface area (Å²) < 4.78 is 5.44. The van der Waals surface area contributed by atoms with Gasteiger partial charge in [0.1, 0.15) is 6.26 Å². The van der Waals surface area contributed by atoms with Crippen molar-refractivity contribution in [3.63, 3.8) is 0 Å². The van der Waals surface area contributed by atoms with Crippen LogP contribution in [-0.4, -0.2) is 52.0 Å². The Morgan fingerprint density at radius 2 is 2.04 bits per heavy atom. The lowest BCUT2D eigenvalue weighted by atomic mass is 9.85.